The molecule has 9 nitrogen and oxygen atoms in total. The molecule has 0 aliphatic rings. The number of benzene rings is 1. The average Bonchev–Trinajstić information content (AvgIpc) is 3.34. The number of carbonyl (C=O) groups excluding carboxylic acids is 1. The summed E-state index contributed by atoms with van der Waals surface area (Å²) in [5, 5.41) is 9.11. The first-order chi connectivity index (χ1) is 14.3. The van der Waals surface area contributed by atoms with E-state index in [2.05, 4.69) is 15.2 Å². The van der Waals surface area contributed by atoms with Gasteiger partial charge in [-0.2, -0.15) is 10.2 Å². The number of hydrogen-bond donors (Lipinski definition) is 1. The molecule has 0 saturated heterocycles. The number of rotatable bonds is 5. The number of nitrogens with one attached hydrogen (secondary N) is 1. The summed E-state index contributed by atoms with van der Waals surface area (Å²) in [5.41, 5.74) is -1.33. The number of nitrogens with zero attached hydrogens (tertiary/aromatic N) is 4. The van der Waals surface area contributed by atoms with E-state index < -0.39 is 22.8 Å². The predicted molar refractivity (Wildman–Crippen MR) is 112 cm³/mol. The third-order valence-electron chi connectivity index (χ3n) is 4.83. The van der Waals surface area contributed by atoms with E-state index in [0.29, 0.717) is 20.8 Å². The zero-order valence-electron chi connectivity index (χ0n) is 16.6. The summed E-state index contributed by atoms with van der Waals surface area (Å²) in [6, 6.07) is 9.18. The molecule has 0 fully saturated rings. The number of thiophene rings is 1. The Bertz CT molecular complexity index is 1330. The zero-order valence-corrected chi connectivity index (χ0v) is 17.4. The van der Waals surface area contributed by atoms with E-state index in [1.807, 2.05) is 30.3 Å². The molecule has 3 heterocycles. The minimum absolute atomic E-state index is 0.0462. The van der Waals surface area contributed by atoms with Gasteiger partial charge in [-0.05, 0) is 26.3 Å². The highest BCUT2D eigenvalue weighted by Gasteiger charge is 2.36. The number of aryl methyl sites for hydroxylation is 1. The molecule has 1 aromatic carbocycles. The molecule has 0 spiro atoms. The van der Waals surface area contributed by atoms with Crippen molar-refractivity contribution in [1.82, 2.24) is 24.5 Å². The maximum atomic E-state index is 13.3. The summed E-state index contributed by atoms with van der Waals surface area (Å²) in [6.45, 7) is 4.77. The van der Waals surface area contributed by atoms with Gasteiger partial charge in [0.1, 0.15) is 22.0 Å². The van der Waals surface area contributed by atoms with Crippen LogP contribution >= 0.6 is 11.3 Å². The SMILES string of the molecule is Cc1c(-n2nccn2)sc2[nH]c(=O)n(C(C)(C)C(=O)OCc3ccccc3)c(=O)c12. The first-order valence-corrected chi connectivity index (χ1v) is 9.99. The Kier molecular flexibility index (Phi) is 4.86. The standard InChI is InChI=1S/C20H19N5O4S/c1-12-14-15(30-17(12)25-21-9-10-22-25)23-19(28)24(16(14)26)20(2,3)18(27)29-11-13-7-5-4-6-8-13/h4-10H,11H2,1-3H3,(H,23,28). The van der Waals surface area contributed by atoms with Gasteiger partial charge in [0, 0.05) is 5.56 Å². The van der Waals surface area contributed by atoms with Crippen LogP contribution < -0.4 is 11.2 Å². The molecule has 0 radical (unpaired) electrons. The van der Waals surface area contributed by atoms with Gasteiger partial charge in [0.05, 0.1) is 17.8 Å². The number of fused-ring (bicyclic) bond motifs is 1. The van der Waals surface area contributed by atoms with Crippen molar-refractivity contribution < 1.29 is 9.53 Å². The lowest BCUT2D eigenvalue weighted by Crippen LogP contribution is -2.51. The van der Waals surface area contributed by atoms with E-state index in [-0.39, 0.29) is 6.61 Å². The molecule has 0 unspecified atom stereocenters. The number of hydrogen-bond acceptors (Lipinski definition) is 7. The largest absolute Gasteiger partial charge is 0.459 e. The summed E-state index contributed by atoms with van der Waals surface area (Å²) in [7, 11) is 0. The van der Waals surface area contributed by atoms with E-state index in [4.69, 9.17) is 4.74 Å². The fourth-order valence-corrected chi connectivity index (χ4v) is 4.32. The fourth-order valence-electron chi connectivity index (χ4n) is 3.21. The summed E-state index contributed by atoms with van der Waals surface area (Å²) < 4.78 is 6.30. The van der Waals surface area contributed by atoms with Crippen LogP contribution in [-0.2, 0) is 21.7 Å². The van der Waals surface area contributed by atoms with Gasteiger partial charge in [-0.15, -0.1) is 4.80 Å². The molecule has 1 N–H and O–H groups in total. The quantitative estimate of drug-likeness (QED) is 0.490. The number of ether oxygens (including phenoxy) is 1. The Labute approximate surface area is 174 Å². The van der Waals surface area contributed by atoms with Crippen LogP contribution in [0, 0.1) is 6.92 Å². The molecule has 154 valence electrons. The lowest BCUT2D eigenvalue weighted by atomic mass is 10.1. The molecule has 4 aromatic rings. The minimum atomic E-state index is -1.51. The minimum Gasteiger partial charge on any atom is -0.459 e. The van der Waals surface area contributed by atoms with Crippen LogP contribution in [0.5, 0.6) is 0 Å². The Hall–Kier alpha value is -3.53. The highest BCUT2D eigenvalue weighted by atomic mass is 32.1. The predicted octanol–water partition coefficient (Wildman–Crippen LogP) is 2.12. The van der Waals surface area contributed by atoms with Gasteiger partial charge in [-0.1, -0.05) is 41.7 Å². The zero-order chi connectivity index (χ0) is 21.5. The number of carbonyl (C=O) groups is 1. The summed E-state index contributed by atoms with van der Waals surface area (Å²) in [5.74, 6) is -0.680. The second kappa shape index (κ2) is 7.38. The normalized spacial score (nSPS) is 11.7. The molecule has 0 bridgehead atoms. The second-order valence-electron chi connectivity index (χ2n) is 7.25. The molecule has 0 saturated carbocycles. The molecule has 4 rings (SSSR count). The van der Waals surface area contributed by atoms with E-state index >= 15 is 0 Å². The van der Waals surface area contributed by atoms with Crippen LogP contribution in [0.25, 0.3) is 15.2 Å². The van der Waals surface area contributed by atoms with Gasteiger partial charge in [0.15, 0.2) is 0 Å². The third kappa shape index (κ3) is 3.24. The van der Waals surface area contributed by atoms with Crippen LogP contribution in [-0.4, -0.2) is 30.5 Å². The van der Waals surface area contributed by atoms with Crippen molar-refractivity contribution in [1.29, 1.82) is 0 Å². The molecule has 0 aliphatic heterocycles. The van der Waals surface area contributed by atoms with Crippen LogP contribution in [0.4, 0.5) is 0 Å². The van der Waals surface area contributed by atoms with Gasteiger partial charge >= 0.3 is 11.7 Å². The van der Waals surface area contributed by atoms with Crippen molar-refractivity contribution in [3.05, 3.63) is 74.7 Å². The first-order valence-electron chi connectivity index (χ1n) is 9.17. The van der Waals surface area contributed by atoms with Gasteiger partial charge in [-0.3, -0.25) is 9.78 Å². The summed E-state index contributed by atoms with van der Waals surface area (Å²) in [6.07, 6.45) is 3.05. The monoisotopic (exact) mass is 425 g/mol. The van der Waals surface area contributed by atoms with Gasteiger partial charge in [0.25, 0.3) is 5.56 Å². The smallest absolute Gasteiger partial charge is 0.332 e. The highest BCUT2D eigenvalue weighted by Crippen LogP contribution is 2.29. The molecule has 10 heteroatoms. The van der Waals surface area contributed by atoms with Crippen molar-refractivity contribution in [3.8, 4) is 5.00 Å². The molecule has 0 amide bonds. The van der Waals surface area contributed by atoms with E-state index in [0.717, 1.165) is 10.1 Å². The second-order valence-corrected chi connectivity index (χ2v) is 8.25. The summed E-state index contributed by atoms with van der Waals surface area (Å²) in [4.78, 5) is 43.3. The molecule has 0 aliphatic carbocycles. The Morgan fingerprint density at radius 2 is 1.83 bits per heavy atom. The number of esters is 1. The number of aromatic amines is 1. The molecule has 30 heavy (non-hydrogen) atoms. The van der Waals surface area contributed by atoms with Crippen molar-refractivity contribution in [2.45, 2.75) is 32.9 Å². The van der Waals surface area contributed by atoms with Crippen molar-refractivity contribution in [2.24, 2.45) is 0 Å². The van der Waals surface area contributed by atoms with Gasteiger partial charge in [0.2, 0.25) is 0 Å². The lowest BCUT2D eigenvalue weighted by Gasteiger charge is -2.24. The highest BCUT2D eigenvalue weighted by molar-refractivity contribution is 7.21. The number of aromatic nitrogens is 5. The Morgan fingerprint density at radius 1 is 1.17 bits per heavy atom. The molecule has 0 atom stereocenters. The van der Waals surface area contributed by atoms with E-state index in [1.54, 1.807) is 6.92 Å². The van der Waals surface area contributed by atoms with Crippen LogP contribution in [0.15, 0.2) is 52.3 Å². The van der Waals surface area contributed by atoms with E-state index in [9.17, 15) is 14.4 Å². The third-order valence-corrected chi connectivity index (χ3v) is 6.01. The van der Waals surface area contributed by atoms with Crippen LogP contribution in [0.2, 0.25) is 0 Å². The van der Waals surface area contributed by atoms with Crippen LogP contribution in [0.3, 0.4) is 0 Å². The van der Waals surface area contributed by atoms with Crippen molar-refractivity contribution >= 4 is 27.5 Å². The maximum absolute atomic E-state index is 13.3. The first kappa shape index (κ1) is 19.8. The maximum Gasteiger partial charge on any atom is 0.332 e. The number of H-pyrrole nitrogens is 1. The summed E-state index contributed by atoms with van der Waals surface area (Å²) >= 11 is 1.20. The lowest BCUT2D eigenvalue weighted by molar-refractivity contribution is -0.154. The Balaban J connectivity index is 1.76. The van der Waals surface area contributed by atoms with Crippen molar-refractivity contribution in [3.63, 3.8) is 0 Å². The van der Waals surface area contributed by atoms with Gasteiger partial charge < -0.3 is 4.74 Å². The average molecular weight is 425 g/mol. The molecular formula is C20H19N5O4S. The van der Waals surface area contributed by atoms with Gasteiger partial charge in [-0.25, -0.2) is 14.2 Å². The Morgan fingerprint density at radius 3 is 2.50 bits per heavy atom. The van der Waals surface area contributed by atoms with Crippen LogP contribution in [0.1, 0.15) is 25.0 Å². The fraction of sp³-hybridized carbons (Fsp3) is 0.250. The van der Waals surface area contributed by atoms with E-state index in [1.165, 1.54) is 42.4 Å². The van der Waals surface area contributed by atoms with Crippen molar-refractivity contribution in [2.75, 3.05) is 0 Å². The topological polar surface area (TPSA) is 112 Å². The molecular weight excluding hydrogens is 406 g/mol. The molecule has 3 aromatic heterocycles.